The van der Waals surface area contributed by atoms with Crippen LogP contribution in [-0.2, 0) is 4.74 Å². The molecule has 3 nitrogen and oxygen atoms in total. The first-order valence-electron chi connectivity index (χ1n) is 7.47. The van der Waals surface area contributed by atoms with E-state index in [1.54, 1.807) is 11.8 Å². The van der Waals surface area contributed by atoms with Crippen molar-refractivity contribution in [1.29, 1.82) is 0 Å². The predicted molar refractivity (Wildman–Crippen MR) is 93.5 cm³/mol. The highest BCUT2D eigenvalue weighted by Gasteiger charge is 2.45. The number of aliphatic hydroxyl groups excluding tert-OH is 2. The van der Waals surface area contributed by atoms with Gasteiger partial charge in [0.1, 0.15) is 8.07 Å². The zero-order chi connectivity index (χ0) is 16.4. The van der Waals surface area contributed by atoms with Gasteiger partial charge in [-0.05, 0) is 19.1 Å². The van der Waals surface area contributed by atoms with Gasteiger partial charge < -0.3 is 14.9 Å². The summed E-state index contributed by atoms with van der Waals surface area (Å²) >= 11 is 1.58. The van der Waals surface area contributed by atoms with Crippen molar-refractivity contribution < 1.29 is 14.9 Å². The van der Waals surface area contributed by atoms with Crippen molar-refractivity contribution in [2.45, 2.75) is 55.0 Å². The second-order valence-corrected chi connectivity index (χ2v) is 12.9. The van der Waals surface area contributed by atoms with Crippen LogP contribution in [0.2, 0.25) is 19.6 Å². The maximum absolute atomic E-state index is 10.2. The van der Waals surface area contributed by atoms with E-state index < -0.39 is 20.0 Å². The van der Waals surface area contributed by atoms with Gasteiger partial charge >= 0.3 is 0 Å². The number of ether oxygens (including phenoxy) is 1. The summed E-state index contributed by atoms with van der Waals surface area (Å²) in [4.78, 5) is 1.09. The first-order chi connectivity index (χ1) is 10.2. The summed E-state index contributed by atoms with van der Waals surface area (Å²) in [6.45, 7) is 8.30. The van der Waals surface area contributed by atoms with E-state index in [0.29, 0.717) is 6.42 Å². The molecule has 2 N–H and O–H groups in total. The molecule has 120 valence electrons. The third-order valence-electron chi connectivity index (χ3n) is 3.42. The Labute approximate surface area is 138 Å². The largest absolute Gasteiger partial charge is 0.392 e. The van der Waals surface area contributed by atoms with Gasteiger partial charge in [0.05, 0.1) is 11.9 Å². The van der Waals surface area contributed by atoms with E-state index in [4.69, 9.17) is 4.74 Å². The number of benzene rings is 1. The molecule has 0 saturated carbocycles. The van der Waals surface area contributed by atoms with Gasteiger partial charge in [0.15, 0.2) is 11.9 Å². The topological polar surface area (TPSA) is 49.7 Å². The van der Waals surface area contributed by atoms with Crippen LogP contribution in [0.3, 0.4) is 0 Å². The molecule has 1 fully saturated rings. The van der Waals surface area contributed by atoms with Gasteiger partial charge in [-0.15, -0.1) is 17.3 Å². The lowest BCUT2D eigenvalue weighted by atomic mass is 10.0. The fourth-order valence-electron chi connectivity index (χ4n) is 2.20. The molecule has 3 atom stereocenters. The minimum Gasteiger partial charge on any atom is -0.392 e. The van der Waals surface area contributed by atoms with E-state index in [1.165, 1.54) is 5.56 Å². The molecule has 1 aliphatic heterocycles. The summed E-state index contributed by atoms with van der Waals surface area (Å²) < 4.78 is 5.64. The van der Waals surface area contributed by atoms with Crippen molar-refractivity contribution in [3.8, 4) is 11.5 Å². The van der Waals surface area contributed by atoms with E-state index in [-0.39, 0.29) is 11.9 Å². The molecular formula is C17H24O3SSi. The van der Waals surface area contributed by atoms with Gasteiger partial charge in [-0.25, -0.2) is 0 Å². The quantitative estimate of drug-likeness (QED) is 0.658. The molecule has 2 rings (SSSR count). The molecular weight excluding hydrogens is 312 g/mol. The van der Waals surface area contributed by atoms with E-state index in [2.05, 4.69) is 43.2 Å². The molecule has 1 aliphatic rings. The van der Waals surface area contributed by atoms with Crippen LogP contribution >= 0.6 is 11.8 Å². The zero-order valence-corrected chi connectivity index (χ0v) is 15.4. The van der Waals surface area contributed by atoms with Crippen LogP contribution in [0.1, 0.15) is 12.0 Å². The maximum atomic E-state index is 10.2. The normalized spacial score (nSPS) is 28.3. The second kappa shape index (κ2) is 6.77. The predicted octanol–water partition coefficient (Wildman–Crippen LogP) is 2.81. The molecule has 0 unspecified atom stereocenters. The summed E-state index contributed by atoms with van der Waals surface area (Å²) in [5.74, 6) is 3.11. The first kappa shape index (κ1) is 17.6. The van der Waals surface area contributed by atoms with Crippen LogP contribution in [0.15, 0.2) is 29.2 Å². The Bertz CT molecular complexity index is 570. The average Bonchev–Trinajstić information content (AvgIpc) is 2.76. The zero-order valence-electron chi connectivity index (χ0n) is 13.6. The Morgan fingerprint density at radius 3 is 2.50 bits per heavy atom. The molecule has 1 aromatic carbocycles. The molecule has 0 aromatic heterocycles. The number of aliphatic hydroxyl groups is 2. The van der Waals surface area contributed by atoms with Crippen molar-refractivity contribution in [3.05, 3.63) is 29.8 Å². The standard InChI is InChI=1S/C17H24O3SSi/c1-13-5-7-14(8-6-13)21-15-11-17(12-18,20-16(15)19)9-10-22(2,3)4/h5-8,15-16,18-19H,11-12H2,1-4H3/t15-,16+,17+/m1/s1. The number of thioether (sulfide) groups is 1. The van der Waals surface area contributed by atoms with Gasteiger partial charge in [0.25, 0.3) is 0 Å². The van der Waals surface area contributed by atoms with Crippen molar-refractivity contribution >= 4 is 19.8 Å². The van der Waals surface area contributed by atoms with Crippen LogP contribution in [-0.4, -0.2) is 42.0 Å². The average molecular weight is 337 g/mol. The van der Waals surface area contributed by atoms with Crippen LogP contribution < -0.4 is 0 Å². The number of hydrogen-bond donors (Lipinski definition) is 2. The van der Waals surface area contributed by atoms with Crippen LogP contribution in [0.4, 0.5) is 0 Å². The lowest BCUT2D eigenvalue weighted by molar-refractivity contribution is -0.126. The Morgan fingerprint density at radius 1 is 1.32 bits per heavy atom. The van der Waals surface area contributed by atoms with Crippen LogP contribution in [0.25, 0.3) is 0 Å². The highest BCUT2D eigenvalue weighted by atomic mass is 32.2. The summed E-state index contributed by atoms with van der Waals surface area (Å²) in [5.41, 5.74) is 3.53. The Morgan fingerprint density at radius 2 is 1.95 bits per heavy atom. The Kier molecular flexibility index (Phi) is 5.41. The molecule has 0 aliphatic carbocycles. The van der Waals surface area contributed by atoms with E-state index in [9.17, 15) is 10.2 Å². The molecule has 22 heavy (non-hydrogen) atoms. The third-order valence-corrected chi connectivity index (χ3v) is 5.55. The number of aryl methyl sites for hydroxylation is 1. The first-order valence-corrected chi connectivity index (χ1v) is 11.9. The minimum atomic E-state index is -1.55. The van der Waals surface area contributed by atoms with Gasteiger partial charge in [0, 0.05) is 11.3 Å². The van der Waals surface area contributed by atoms with E-state index in [0.717, 1.165) is 4.90 Å². The molecule has 1 saturated heterocycles. The maximum Gasteiger partial charge on any atom is 0.169 e. The molecule has 5 heteroatoms. The lowest BCUT2D eigenvalue weighted by Crippen LogP contribution is -2.33. The number of hydrogen-bond acceptors (Lipinski definition) is 4. The highest BCUT2D eigenvalue weighted by molar-refractivity contribution is 8.00. The van der Waals surface area contributed by atoms with E-state index >= 15 is 0 Å². The van der Waals surface area contributed by atoms with Gasteiger partial charge in [-0.3, -0.25) is 0 Å². The molecule has 1 aromatic rings. The smallest absolute Gasteiger partial charge is 0.169 e. The summed E-state index contributed by atoms with van der Waals surface area (Å²) in [5, 5.41) is 19.8. The third kappa shape index (κ3) is 4.61. The lowest BCUT2D eigenvalue weighted by Gasteiger charge is -2.20. The van der Waals surface area contributed by atoms with Crippen molar-refractivity contribution in [2.75, 3.05) is 6.61 Å². The Hall–Kier alpha value is -0.773. The monoisotopic (exact) mass is 336 g/mol. The molecule has 0 spiro atoms. The fraction of sp³-hybridized carbons (Fsp3) is 0.529. The van der Waals surface area contributed by atoms with Crippen molar-refractivity contribution in [3.63, 3.8) is 0 Å². The van der Waals surface area contributed by atoms with Crippen LogP contribution in [0, 0.1) is 18.4 Å². The molecule has 0 radical (unpaired) electrons. The summed E-state index contributed by atoms with van der Waals surface area (Å²) in [6.07, 6.45) is -0.380. The fourth-order valence-corrected chi connectivity index (χ4v) is 3.97. The summed E-state index contributed by atoms with van der Waals surface area (Å²) in [6, 6.07) is 8.18. The van der Waals surface area contributed by atoms with Crippen LogP contribution in [0.5, 0.6) is 0 Å². The second-order valence-electron chi connectivity index (χ2n) is 6.83. The van der Waals surface area contributed by atoms with E-state index in [1.807, 2.05) is 19.1 Å². The Balaban J connectivity index is 2.12. The summed E-state index contributed by atoms with van der Waals surface area (Å²) in [7, 11) is -1.55. The SMILES string of the molecule is Cc1ccc(S[C@@H]2C[C@@](C#C[Si](C)(C)C)(CO)O[C@@H]2O)cc1. The van der Waals surface area contributed by atoms with Gasteiger partial charge in [0.2, 0.25) is 0 Å². The molecule has 0 bridgehead atoms. The van der Waals surface area contributed by atoms with Gasteiger partial charge in [-0.2, -0.15) is 0 Å². The number of rotatable bonds is 3. The molecule has 0 amide bonds. The van der Waals surface area contributed by atoms with Crippen molar-refractivity contribution in [1.82, 2.24) is 0 Å². The van der Waals surface area contributed by atoms with Crippen molar-refractivity contribution in [2.24, 2.45) is 0 Å². The highest BCUT2D eigenvalue weighted by Crippen LogP contribution is 2.39. The minimum absolute atomic E-state index is 0.120. The molecule has 1 heterocycles. The van der Waals surface area contributed by atoms with Gasteiger partial charge in [-0.1, -0.05) is 43.3 Å².